The van der Waals surface area contributed by atoms with E-state index in [9.17, 15) is 18.0 Å². The number of hydrogen-bond donors (Lipinski definition) is 1. The molecule has 1 saturated heterocycles. The second-order valence-electron chi connectivity index (χ2n) is 8.07. The number of nitrogens with zero attached hydrogens (tertiary/aromatic N) is 6. The molecule has 1 amide bonds. The Balaban J connectivity index is 1.54. The molecule has 0 spiro atoms. The molecule has 2 aromatic heterocycles. The van der Waals surface area contributed by atoms with Crippen LogP contribution in [0.3, 0.4) is 0 Å². The fraction of sp³-hybridized carbons (Fsp3) is 0.455. The summed E-state index contributed by atoms with van der Waals surface area (Å²) in [7, 11) is 0. The molecule has 11 heteroatoms. The van der Waals surface area contributed by atoms with E-state index >= 15 is 0 Å². The molecule has 1 aromatic carbocycles. The maximum Gasteiger partial charge on any atom is 0.453 e. The Morgan fingerprint density at radius 1 is 1.09 bits per heavy atom. The van der Waals surface area contributed by atoms with Gasteiger partial charge in [0.2, 0.25) is 5.91 Å². The van der Waals surface area contributed by atoms with E-state index in [0.717, 1.165) is 42.9 Å². The number of alkyl halides is 3. The lowest BCUT2D eigenvalue weighted by Crippen LogP contribution is -2.46. The van der Waals surface area contributed by atoms with Gasteiger partial charge in [-0.2, -0.15) is 18.2 Å². The average Bonchev–Trinajstić information content (AvgIpc) is 3.22. The summed E-state index contributed by atoms with van der Waals surface area (Å²) in [4.78, 5) is 25.2. The molecule has 1 fully saturated rings. The number of para-hydroxylation sites is 2. The van der Waals surface area contributed by atoms with E-state index in [1.54, 1.807) is 13.8 Å². The Kier molecular flexibility index (Phi) is 6.24. The molecule has 3 heterocycles. The minimum atomic E-state index is -4.67. The Hall–Kier alpha value is -3.21. The molecule has 0 radical (unpaired) electrons. The van der Waals surface area contributed by atoms with Gasteiger partial charge < -0.3 is 15.1 Å². The number of amides is 1. The van der Waals surface area contributed by atoms with Gasteiger partial charge >= 0.3 is 6.18 Å². The zero-order valence-electron chi connectivity index (χ0n) is 18.8. The molecule has 33 heavy (non-hydrogen) atoms. The monoisotopic (exact) mass is 461 g/mol. The number of piperazine rings is 1. The minimum absolute atomic E-state index is 0.0419. The van der Waals surface area contributed by atoms with Gasteiger partial charge in [0.25, 0.3) is 11.6 Å². The van der Waals surface area contributed by atoms with Crippen LogP contribution in [0.2, 0.25) is 0 Å². The quantitative estimate of drug-likeness (QED) is 0.629. The second kappa shape index (κ2) is 8.97. The molecule has 1 aliphatic rings. The number of likely N-dealkylation sites (N-methyl/N-ethyl adjacent to an activating group) is 1. The zero-order chi connectivity index (χ0) is 23.8. The molecule has 0 unspecified atom stereocenters. The second-order valence-corrected chi connectivity index (χ2v) is 8.07. The van der Waals surface area contributed by atoms with Crippen LogP contribution < -0.4 is 10.2 Å². The molecule has 1 N–H and O–H groups in total. The molecule has 176 valence electrons. The molecular weight excluding hydrogens is 435 g/mol. The fourth-order valence-electron chi connectivity index (χ4n) is 4.10. The number of rotatable bonds is 5. The fourth-order valence-corrected chi connectivity index (χ4v) is 4.10. The number of anilines is 2. The smallest absolute Gasteiger partial charge is 0.367 e. The third kappa shape index (κ3) is 4.77. The van der Waals surface area contributed by atoms with Crippen LogP contribution in [-0.4, -0.2) is 63.1 Å². The van der Waals surface area contributed by atoms with Crippen LogP contribution in [0.15, 0.2) is 24.3 Å². The molecule has 4 rings (SSSR count). The van der Waals surface area contributed by atoms with Gasteiger partial charge in [-0.15, -0.1) is 5.10 Å². The maximum absolute atomic E-state index is 13.0. The number of fused-ring (bicyclic) bond motifs is 1. The molecule has 0 saturated carbocycles. The van der Waals surface area contributed by atoms with Crippen molar-refractivity contribution in [3.05, 3.63) is 47.0 Å². The molecule has 0 atom stereocenters. The van der Waals surface area contributed by atoms with E-state index in [2.05, 4.69) is 37.1 Å². The van der Waals surface area contributed by atoms with Gasteiger partial charge in [0.15, 0.2) is 0 Å². The first-order valence-electron chi connectivity index (χ1n) is 10.8. The summed E-state index contributed by atoms with van der Waals surface area (Å²) in [6.07, 6.45) is -4.71. The Morgan fingerprint density at radius 3 is 2.45 bits per heavy atom. The SMILES string of the molecule is CCN1CCN(c2ccccc2NC(=O)Cc2c(C)nc3nc(C(F)(F)F)nn3c2C)CC1. The van der Waals surface area contributed by atoms with Gasteiger partial charge in [0.1, 0.15) is 0 Å². The highest BCUT2D eigenvalue weighted by atomic mass is 19.4. The van der Waals surface area contributed by atoms with Crippen LogP contribution in [0.5, 0.6) is 0 Å². The van der Waals surface area contributed by atoms with Crippen LogP contribution >= 0.6 is 0 Å². The number of aryl methyl sites for hydroxylation is 2. The highest BCUT2D eigenvalue weighted by molar-refractivity contribution is 5.95. The van der Waals surface area contributed by atoms with E-state index < -0.39 is 12.0 Å². The van der Waals surface area contributed by atoms with Gasteiger partial charge in [-0.25, -0.2) is 9.50 Å². The normalized spacial score (nSPS) is 15.3. The van der Waals surface area contributed by atoms with E-state index in [4.69, 9.17) is 0 Å². The zero-order valence-corrected chi connectivity index (χ0v) is 18.8. The summed E-state index contributed by atoms with van der Waals surface area (Å²) in [6, 6.07) is 7.63. The van der Waals surface area contributed by atoms with Crippen LogP contribution in [0, 0.1) is 13.8 Å². The van der Waals surface area contributed by atoms with Gasteiger partial charge in [-0.3, -0.25) is 4.79 Å². The van der Waals surface area contributed by atoms with Gasteiger partial charge in [0.05, 0.1) is 17.8 Å². The van der Waals surface area contributed by atoms with Gasteiger partial charge in [0, 0.05) is 43.1 Å². The van der Waals surface area contributed by atoms with Crippen molar-refractivity contribution in [2.45, 2.75) is 33.4 Å². The Labute approximate surface area is 189 Å². The summed E-state index contributed by atoms with van der Waals surface area (Å²) in [6.45, 7) is 10.1. The molecule has 3 aromatic rings. The molecular formula is C22H26F3N7O. The van der Waals surface area contributed by atoms with Crippen LogP contribution in [0.1, 0.15) is 29.7 Å². The number of halogens is 3. The number of aromatic nitrogens is 4. The third-order valence-corrected chi connectivity index (χ3v) is 5.98. The highest BCUT2D eigenvalue weighted by Gasteiger charge is 2.37. The third-order valence-electron chi connectivity index (χ3n) is 5.98. The van der Waals surface area contributed by atoms with Crippen LogP contribution in [-0.2, 0) is 17.4 Å². The topological polar surface area (TPSA) is 78.7 Å². The number of benzene rings is 1. The summed E-state index contributed by atoms with van der Waals surface area (Å²) >= 11 is 0. The lowest BCUT2D eigenvalue weighted by molar-refractivity contribution is -0.144. The maximum atomic E-state index is 13.0. The standard InChI is InChI=1S/C22H26F3N7O/c1-4-30-9-11-31(12-10-30)18-8-6-5-7-17(18)27-19(33)13-16-14(2)26-21-28-20(22(23,24)25)29-32(21)15(16)3/h5-8H,4,9-13H2,1-3H3,(H,27,33). The van der Waals surface area contributed by atoms with Crippen molar-refractivity contribution >= 4 is 23.1 Å². The summed E-state index contributed by atoms with van der Waals surface area (Å²) < 4.78 is 40.1. The van der Waals surface area contributed by atoms with Crippen LogP contribution in [0.4, 0.5) is 24.5 Å². The first kappa shape index (κ1) is 23.0. The highest BCUT2D eigenvalue weighted by Crippen LogP contribution is 2.28. The van der Waals surface area contributed by atoms with Gasteiger partial charge in [-0.1, -0.05) is 19.1 Å². The van der Waals surface area contributed by atoms with Crippen LogP contribution in [0.25, 0.3) is 5.78 Å². The molecule has 0 aliphatic carbocycles. The van der Waals surface area contributed by atoms with Crippen molar-refractivity contribution < 1.29 is 18.0 Å². The largest absolute Gasteiger partial charge is 0.453 e. The number of hydrogen-bond acceptors (Lipinski definition) is 6. The van der Waals surface area contributed by atoms with Crippen molar-refractivity contribution in [1.82, 2.24) is 24.5 Å². The first-order valence-corrected chi connectivity index (χ1v) is 10.8. The average molecular weight is 461 g/mol. The molecule has 0 bridgehead atoms. The molecule has 8 nitrogen and oxygen atoms in total. The lowest BCUT2D eigenvalue weighted by Gasteiger charge is -2.36. The number of carbonyl (C=O) groups excluding carboxylic acids is 1. The van der Waals surface area contributed by atoms with Crippen molar-refractivity contribution in [3.63, 3.8) is 0 Å². The number of carbonyl (C=O) groups is 1. The van der Waals surface area contributed by atoms with Crippen molar-refractivity contribution in [2.24, 2.45) is 0 Å². The van der Waals surface area contributed by atoms with E-state index in [1.165, 1.54) is 0 Å². The number of nitrogens with one attached hydrogen (secondary N) is 1. The summed E-state index contributed by atoms with van der Waals surface area (Å²) in [5, 5.41) is 6.51. The van der Waals surface area contributed by atoms with E-state index in [1.807, 2.05) is 24.3 Å². The van der Waals surface area contributed by atoms with Crippen molar-refractivity contribution in [1.29, 1.82) is 0 Å². The minimum Gasteiger partial charge on any atom is -0.367 e. The first-order chi connectivity index (χ1) is 15.7. The van der Waals surface area contributed by atoms with E-state index in [0.29, 0.717) is 22.6 Å². The molecule has 1 aliphatic heterocycles. The lowest BCUT2D eigenvalue weighted by atomic mass is 10.1. The summed E-state index contributed by atoms with van der Waals surface area (Å²) in [5.74, 6) is -1.67. The Bertz CT molecular complexity index is 1170. The Morgan fingerprint density at radius 2 is 1.79 bits per heavy atom. The van der Waals surface area contributed by atoms with E-state index in [-0.39, 0.29) is 18.1 Å². The van der Waals surface area contributed by atoms with Crippen molar-refractivity contribution in [3.8, 4) is 0 Å². The predicted molar refractivity (Wildman–Crippen MR) is 118 cm³/mol. The predicted octanol–water partition coefficient (Wildman–Crippen LogP) is 3.08. The van der Waals surface area contributed by atoms with Gasteiger partial charge in [-0.05, 0) is 32.5 Å². The summed E-state index contributed by atoms with van der Waals surface area (Å²) in [5.41, 5.74) is 3.03. The van der Waals surface area contributed by atoms with Crippen molar-refractivity contribution in [2.75, 3.05) is 42.9 Å².